The molecule has 0 fully saturated rings. The van der Waals surface area contributed by atoms with Crippen molar-refractivity contribution in [3.05, 3.63) is 35.5 Å². The number of halogens is 1. The molecule has 0 atom stereocenters. The molecule has 2 nitrogen and oxygen atoms in total. The molecule has 1 aromatic heterocycles. The van der Waals surface area contributed by atoms with E-state index in [1.807, 2.05) is 31.2 Å². The molecule has 2 aromatic rings. The minimum Gasteiger partial charge on any atom is -0.344 e. The molecule has 3 heteroatoms. The first kappa shape index (κ1) is 11.2. The van der Waals surface area contributed by atoms with Gasteiger partial charge in [0.05, 0.1) is 5.88 Å². The second-order valence-electron chi connectivity index (χ2n) is 3.78. The Hall–Kier alpha value is -1.28. The summed E-state index contributed by atoms with van der Waals surface area (Å²) in [6, 6.07) is 7.96. The van der Waals surface area contributed by atoms with Crippen molar-refractivity contribution in [2.75, 3.05) is 5.88 Å². The number of benzene rings is 1. The third-order valence-corrected chi connectivity index (χ3v) is 3.19. The van der Waals surface area contributed by atoms with Gasteiger partial charge in [-0.3, -0.25) is 4.79 Å². The highest BCUT2D eigenvalue weighted by molar-refractivity contribution is 6.32. The highest BCUT2D eigenvalue weighted by Gasteiger charge is 2.17. The lowest BCUT2D eigenvalue weighted by Crippen LogP contribution is -2.04. The monoisotopic (exact) mass is 235 g/mol. The molecule has 84 valence electrons. The number of nitrogens with zero attached hydrogens (tertiary/aromatic N) is 1. The van der Waals surface area contributed by atoms with Gasteiger partial charge in [0.1, 0.15) is 0 Å². The first-order chi connectivity index (χ1) is 7.70. The number of aryl methyl sites for hydroxylation is 1. The number of alkyl halides is 1. The molecule has 0 aliphatic heterocycles. The van der Waals surface area contributed by atoms with Crippen molar-refractivity contribution in [3.8, 4) is 0 Å². The van der Waals surface area contributed by atoms with E-state index in [9.17, 15) is 4.79 Å². The molecule has 0 saturated heterocycles. The van der Waals surface area contributed by atoms with Gasteiger partial charge in [-0.25, -0.2) is 0 Å². The molecule has 1 aromatic carbocycles. The molecule has 0 radical (unpaired) electrons. The maximum atomic E-state index is 11.8. The first-order valence-corrected chi connectivity index (χ1v) is 5.91. The van der Waals surface area contributed by atoms with Crippen molar-refractivity contribution in [1.29, 1.82) is 0 Å². The van der Waals surface area contributed by atoms with Gasteiger partial charge < -0.3 is 4.57 Å². The number of hydrogen-bond acceptors (Lipinski definition) is 1. The summed E-state index contributed by atoms with van der Waals surface area (Å²) in [7, 11) is 0. The number of carbonyl (C=O) groups is 1. The first-order valence-electron chi connectivity index (χ1n) is 5.37. The van der Waals surface area contributed by atoms with Crippen molar-refractivity contribution < 1.29 is 4.79 Å². The fourth-order valence-electron chi connectivity index (χ4n) is 2.26. The van der Waals surface area contributed by atoms with Crippen LogP contribution >= 0.6 is 11.6 Å². The smallest absolute Gasteiger partial charge is 0.180 e. The normalized spacial score (nSPS) is 10.9. The Balaban J connectivity index is 2.82. The summed E-state index contributed by atoms with van der Waals surface area (Å²) in [5, 5.41) is 1.01. The molecule has 0 saturated carbocycles. The van der Waals surface area contributed by atoms with E-state index in [2.05, 4.69) is 11.5 Å². The SMILES string of the molecule is CCn1c(C)c(C(=O)CCl)c2ccccc21. The third-order valence-electron chi connectivity index (χ3n) is 2.95. The van der Waals surface area contributed by atoms with E-state index in [1.54, 1.807) is 0 Å². The average Bonchev–Trinajstić information content (AvgIpc) is 2.60. The van der Waals surface area contributed by atoms with E-state index in [0.29, 0.717) is 0 Å². The van der Waals surface area contributed by atoms with Gasteiger partial charge in [0.15, 0.2) is 5.78 Å². The molecule has 0 spiro atoms. The maximum absolute atomic E-state index is 11.8. The van der Waals surface area contributed by atoms with Crippen LogP contribution in [0.15, 0.2) is 24.3 Å². The molecule has 0 N–H and O–H groups in total. The number of Topliss-reactive ketones (excluding diaryl/α,β-unsaturated/α-hetero) is 1. The van der Waals surface area contributed by atoms with Gasteiger partial charge in [0, 0.05) is 28.7 Å². The number of ketones is 1. The fourth-order valence-corrected chi connectivity index (χ4v) is 2.39. The predicted molar refractivity (Wildman–Crippen MR) is 67.4 cm³/mol. The number of para-hydroxylation sites is 1. The molecule has 0 aliphatic rings. The van der Waals surface area contributed by atoms with Crippen molar-refractivity contribution in [1.82, 2.24) is 4.57 Å². The fraction of sp³-hybridized carbons (Fsp3) is 0.308. The van der Waals surface area contributed by atoms with Crippen LogP contribution in [0, 0.1) is 6.92 Å². The standard InChI is InChI=1S/C13H14ClNO/c1-3-15-9(2)13(12(16)8-14)10-6-4-5-7-11(10)15/h4-7H,3,8H2,1-2H3. The minimum atomic E-state index is 0.00238. The van der Waals surface area contributed by atoms with Gasteiger partial charge in [0.2, 0.25) is 0 Å². The summed E-state index contributed by atoms with van der Waals surface area (Å²) in [6.07, 6.45) is 0. The highest BCUT2D eigenvalue weighted by Crippen LogP contribution is 2.26. The van der Waals surface area contributed by atoms with Gasteiger partial charge in [-0.05, 0) is 19.9 Å². The van der Waals surface area contributed by atoms with Crippen LogP contribution in [0.4, 0.5) is 0 Å². The predicted octanol–water partition coefficient (Wildman–Crippen LogP) is 3.39. The second kappa shape index (κ2) is 4.30. The molecule has 16 heavy (non-hydrogen) atoms. The molecular formula is C13H14ClNO. The number of aromatic nitrogens is 1. The zero-order valence-electron chi connectivity index (χ0n) is 9.46. The number of fused-ring (bicyclic) bond motifs is 1. The van der Waals surface area contributed by atoms with Crippen molar-refractivity contribution >= 4 is 28.3 Å². The van der Waals surface area contributed by atoms with Gasteiger partial charge in [-0.2, -0.15) is 0 Å². The van der Waals surface area contributed by atoms with Gasteiger partial charge >= 0.3 is 0 Å². The van der Waals surface area contributed by atoms with Crippen molar-refractivity contribution in [2.45, 2.75) is 20.4 Å². The van der Waals surface area contributed by atoms with E-state index in [0.717, 1.165) is 28.7 Å². The zero-order chi connectivity index (χ0) is 11.7. The zero-order valence-corrected chi connectivity index (χ0v) is 10.2. The average molecular weight is 236 g/mol. The third kappa shape index (κ3) is 1.54. The van der Waals surface area contributed by atoms with Crippen LogP contribution in [0.5, 0.6) is 0 Å². The Kier molecular flexibility index (Phi) is 3.01. The summed E-state index contributed by atoms with van der Waals surface area (Å²) in [5.74, 6) is 0.0426. The van der Waals surface area contributed by atoms with Gasteiger partial charge in [-0.15, -0.1) is 11.6 Å². The van der Waals surface area contributed by atoms with Crippen LogP contribution in [-0.4, -0.2) is 16.2 Å². The van der Waals surface area contributed by atoms with E-state index in [-0.39, 0.29) is 11.7 Å². The summed E-state index contributed by atoms with van der Waals surface area (Å²) in [6.45, 7) is 4.92. The summed E-state index contributed by atoms with van der Waals surface area (Å²) in [4.78, 5) is 11.8. The minimum absolute atomic E-state index is 0.00238. The van der Waals surface area contributed by atoms with Crippen LogP contribution < -0.4 is 0 Å². The Labute approximate surface area is 99.8 Å². The maximum Gasteiger partial charge on any atom is 0.180 e. The molecular weight excluding hydrogens is 222 g/mol. The summed E-state index contributed by atoms with van der Waals surface area (Å²) >= 11 is 5.65. The van der Waals surface area contributed by atoms with Gasteiger partial charge in [0.25, 0.3) is 0 Å². The summed E-state index contributed by atoms with van der Waals surface area (Å²) < 4.78 is 2.15. The topological polar surface area (TPSA) is 22.0 Å². The Morgan fingerprint density at radius 1 is 1.38 bits per heavy atom. The van der Waals surface area contributed by atoms with E-state index in [1.165, 1.54) is 0 Å². The molecule has 0 aliphatic carbocycles. The van der Waals surface area contributed by atoms with Crippen LogP contribution in [-0.2, 0) is 6.54 Å². The number of hydrogen-bond donors (Lipinski definition) is 0. The van der Waals surface area contributed by atoms with Crippen LogP contribution in [0.3, 0.4) is 0 Å². The number of rotatable bonds is 3. The lowest BCUT2D eigenvalue weighted by atomic mass is 10.1. The van der Waals surface area contributed by atoms with Gasteiger partial charge in [-0.1, -0.05) is 18.2 Å². The van der Waals surface area contributed by atoms with Crippen molar-refractivity contribution in [2.24, 2.45) is 0 Å². The largest absolute Gasteiger partial charge is 0.344 e. The Morgan fingerprint density at radius 2 is 2.06 bits per heavy atom. The van der Waals surface area contributed by atoms with Crippen LogP contribution in [0.1, 0.15) is 23.0 Å². The highest BCUT2D eigenvalue weighted by atomic mass is 35.5. The Bertz CT molecular complexity index is 542. The van der Waals surface area contributed by atoms with E-state index < -0.39 is 0 Å². The molecule has 0 bridgehead atoms. The molecule has 0 unspecified atom stereocenters. The van der Waals surface area contributed by atoms with E-state index >= 15 is 0 Å². The van der Waals surface area contributed by atoms with E-state index in [4.69, 9.17) is 11.6 Å². The lowest BCUT2D eigenvalue weighted by Gasteiger charge is -2.03. The van der Waals surface area contributed by atoms with Crippen LogP contribution in [0.2, 0.25) is 0 Å². The molecule has 2 rings (SSSR count). The van der Waals surface area contributed by atoms with Crippen molar-refractivity contribution in [3.63, 3.8) is 0 Å². The molecule has 0 amide bonds. The second-order valence-corrected chi connectivity index (χ2v) is 4.05. The van der Waals surface area contributed by atoms with Crippen LogP contribution in [0.25, 0.3) is 10.9 Å². The summed E-state index contributed by atoms with van der Waals surface area (Å²) in [5.41, 5.74) is 2.89. The quantitative estimate of drug-likeness (QED) is 0.591. The molecule has 1 heterocycles. The lowest BCUT2D eigenvalue weighted by molar-refractivity contribution is 0.102. The number of carbonyl (C=O) groups excluding carboxylic acids is 1. The Morgan fingerprint density at radius 3 is 2.69 bits per heavy atom.